The number of thiazole rings is 1. The zero-order valence-electron chi connectivity index (χ0n) is 18.1. The molecule has 1 aromatic heterocycles. The average molecular weight is 450 g/mol. The number of nitrogens with one attached hydrogen (secondary N) is 2. The maximum atomic E-state index is 12.7. The van der Waals surface area contributed by atoms with Crippen molar-refractivity contribution < 1.29 is 9.59 Å². The lowest BCUT2D eigenvalue weighted by molar-refractivity contribution is -0.131. The molecule has 3 aromatic rings. The van der Waals surface area contributed by atoms with Crippen molar-refractivity contribution in [2.45, 2.75) is 19.8 Å². The van der Waals surface area contributed by atoms with Crippen LogP contribution in [0.25, 0.3) is 0 Å². The van der Waals surface area contributed by atoms with Crippen molar-refractivity contribution in [3.8, 4) is 0 Å². The molecule has 1 aliphatic heterocycles. The second-order valence-electron chi connectivity index (χ2n) is 7.80. The maximum Gasteiger partial charge on any atom is 0.325 e. The van der Waals surface area contributed by atoms with E-state index in [2.05, 4.69) is 51.7 Å². The number of aromatic nitrogens is 1. The smallest absolute Gasteiger partial charge is 0.325 e. The van der Waals surface area contributed by atoms with Gasteiger partial charge >= 0.3 is 6.03 Å². The summed E-state index contributed by atoms with van der Waals surface area (Å²) in [6.07, 6.45) is 0.985. The number of urea groups is 1. The molecule has 166 valence electrons. The van der Waals surface area contributed by atoms with Crippen molar-refractivity contribution in [1.82, 2.24) is 9.88 Å². The van der Waals surface area contributed by atoms with Gasteiger partial charge in [0.15, 0.2) is 5.13 Å². The summed E-state index contributed by atoms with van der Waals surface area (Å²) in [4.78, 5) is 33.5. The molecule has 8 heteroatoms. The monoisotopic (exact) mass is 449 g/mol. The summed E-state index contributed by atoms with van der Waals surface area (Å²) < 4.78 is 0. The molecule has 1 fully saturated rings. The van der Waals surface area contributed by atoms with Crippen LogP contribution in [0.5, 0.6) is 0 Å². The van der Waals surface area contributed by atoms with Gasteiger partial charge in [-0.3, -0.25) is 10.1 Å². The quantitative estimate of drug-likeness (QED) is 0.586. The molecule has 1 saturated heterocycles. The Balaban J connectivity index is 1.21. The highest BCUT2D eigenvalue weighted by Crippen LogP contribution is 2.20. The second kappa shape index (κ2) is 10.3. The number of hydrogen-bond donors (Lipinski definition) is 2. The van der Waals surface area contributed by atoms with Crippen molar-refractivity contribution in [3.63, 3.8) is 0 Å². The van der Waals surface area contributed by atoms with E-state index in [1.54, 1.807) is 0 Å². The van der Waals surface area contributed by atoms with Gasteiger partial charge in [-0.1, -0.05) is 30.3 Å². The summed E-state index contributed by atoms with van der Waals surface area (Å²) >= 11 is 1.36. The Kier molecular flexibility index (Phi) is 7.01. The molecule has 0 bridgehead atoms. The van der Waals surface area contributed by atoms with Crippen LogP contribution < -0.4 is 15.5 Å². The Hall–Kier alpha value is -3.39. The molecule has 2 aromatic carbocycles. The number of nitrogens with zero attached hydrogens (tertiary/aromatic N) is 3. The van der Waals surface area contributed by atoms with E-state index in [9.17, 15) is 9.59 Å². The predicted molar refractivity (Wildman–Crippen MR) is 129 cm³/mol. The SMILES string of the molecule is Cc1cccc(N2CCN(C(=O)CCc3csc(NC(=O)Nc4ccccc4)n3)CC2)c1. The first-order chi connectivity index (χ1) is 15.6. The predicted octanol–water partition coefficient (Wildman–Crippen LogP) is 4.38. The van der Waals surface area contributed by atoms with E-state index in [0.29, 0.717) is 18.0 Å². The van der Waals surface area contributed by atoms with Crippen molar-refractivity contribution >= 4 is 39.8 Å². The third kappa shape index (κ3) is 5.85. The number of piperazine rings is 1. The van der Waals surface area contributed by atoms with Crippen LogP contribution >= 0.6 is 11.3 Å². The first-order valence-corrected chi connectivity index (χ1v) is 11.6. The van der Waals surface area contributed by atoms with Gasteiger partial charge in [-0.25, -0.2) is 9.78 Å². The summed E-state index contributed by atoms with van der Waals surface area (Å²) in [6.45, 7) is 5.25. The lowest BCUT2D eigenvalue weighted by Gasteiger charge is -2.36. The summed E-state index contributed by atoms with van der Waals surface area (Å²) in [5.74, 6) is 0.151. The average Bonchev–Trinajstić information content (AvgIpc) is 3.25. The number of aryl methyl sites for hydroxylation is 2. The Morgan fingerprint density at radius 1 is 1.00 bits per heavy atom. The van der Waals surface area contributed by atoms with Crippen LogP contribution in [-0.2, 0) is 11.2 Å². The van der Waals surface area contributed by atoms with E-state index in [1.807, 2.05) is 40.6 Å². The Morgan fingerprint density at radius 2 is 1.78 bits per heavy atom. The fraction of sp³-hybridized carbons (Fsp3) is 0.292. The number of benzene rings is 2. The molecular weight excluding hydrogens is 422 g/mol. The van der Waals surface area contributed by atoms with Gasteiger partial charge in [0.2, 0.25) is 5.91 Å². The van der Waals surface area contributed by atoms with Gasteiger partial charge in [0, 0.05) is 49.4 Å². The van der Waals surface area contributed by atoms with Gasteiger partial charge in [-0.2, -0.15) is 0 Å². The molecule has 32 heavy (non-hydrogen) atoms. The number of carbonyl (C=O) groups is 2. The Morgan fingerprint density at radius 3 is 2.53 bits per heavy atom. The number of rotatable bonds is 6. The Bertz CT molecular complexity index is 1060. The minimum atomic E-state index is -0.334. The van der Waals surface area contributed by atoms with Gasteiger partial charge in [0.25, 0.3) is 0 Å². The van der Waals surface area contributed by atoms with Crippen molar-refractivity contribution in [1.29, 1.82) is 0 Å². The number of amides is 3. The molecule has 0 aliphatic carbocycles. The molecule has 0 unspecified atom stereocenters. The highest BCUT2D eigenvalue weighted by atomic mass is 32.1. The van der Waals surface area contributed by atoms with Crippen LogP contribution in [0.15, 0.2) is 60.0 Å². The molecule has 2 N–H and O–H groups in total. The number of anilines is 3. The van der Waals surface area contributed by atoms with Crippen molar-refractivity contribution in [2.75, 3.05) is 41.7 Å². The van der Waals surface area contributed by atoms with E-state index in [4.69, 9.17) is 0 Å². The van der Waals surface area contributed by atoms with Crippen LogP contribution in [0, 0.1) is 6.92 Å². The van der Waals surface area contributed by atoms with Gasteiger partial charge in [0.05, 0.1) is 5.69 Å². The third-order valence-corrected chi connectivity index (χ3v) is 6.20. The standard InChI is InChI=1S/C24H27N5O2S/c1-18-6-5-9-21(16-18)28-12-14-29(15-13-28)22(30)11-10-20-17-32-24(26-20)27-23(31)25-19-7-3-2-4-8-19/h2-9,16-17H,10-15H2,1H3,(H2,25,26,27,31). The second-order valence-corrected chi connectivity index (χ2v) is 8.65. The fourth-order valence-electron chi connectivity index (χ4n) is 3.69. The zero-order valence-corrected chi connectivity index (χ0v) is 18.9. The van der Waals surface area contributed by atoms with Crippen LogP contribution in [0.2, 0.25) is 0 Å². The van der Waals surface area contributed by atoms with Crippen LogP contribution in [0.1, 0.15) is 17.7 Å². The van der Waals surface area contributed by atoms with Crippen LogP contribution in [-0.4, -0.2) is 48.0 Å². The van der Waals surface area contributed by atoms with Crippen molar-refractivity contribution in [3.05, 3.63) is 71.2 Å². The molecule has 0 saturated carbocycles. The number of carbonyl (C=O) groups excluding carboxylic acids is 2. The van der Waals surface area contributed by atoms with Crippen LogP contribution in [0.4, 0.5) is 21.3 Å². The number of para-hydroxylation sites is 1. The molecule has 3 amide bonds. The summed E-state index contributed by atoms with van der Waals surface area (Å²) in [6, 6.07) is 17.4. The minimum Gasteiger partial charge on any atom is -0.368 e. The summed E-state index contributed by atoms with van der Waals surface area (Å²) in [5.41, 5.74) is 4.00. The topological polar surface area (TPSA) is 77.6 Å². The molecule has 0 spiro atoms. The molecule has 4 rings (SSSR count). The highest BCUT2D eigenvalue weighted by molar-refractivity contribution is 7.13. The third-order valence-electron chi connectivity index (χ3n) is 5.40. The molecule has 7 nitrogen and oxygen atoms in total. The normalized spacial score (nSPS) is 13.7. The van der Waals surface area contributed by atoms with Gasteiger partial charge in [-0.15, -0.1) is 11.3 Å². The van der Waals surface area contributed by atoms with Gasteiger partial charge in [-0.05, 0) is 43.2 Å². The zero-order chi connectivity index (χ0) is 22.3. The Labute approximate surface area is 192 Å². The lowest BCUT2D eigenvalue weighted by Crippen LogP contribution is -2.48. The minimum absolute atomic E-state index is 0.151. The molecule has 1 aliphatic rings. The lowest BCUT2D eigenvalue weighted by atomic mass is 10.1. The van der Waals surface area contributed by atoms with E-state index in [-0.39, 0.29) is 11.9 Å². The molecule has 0 atom stereocenters. The maximum absolute atomic E-state index is 12.7. The fourth-order valence-corrected chi connectivity index (χ4v) is 4.43. The van der Waals surface area contributed by atoms with E-state index < -0.39 is 0 Å². The first-order valence-electron chi connectivity index (χ1n) is 10.7. The summed E-state index contributed by atoms with van der Waals surface area (Å²) in [5, 5.41) is 7.92. The molecule has 0 radical (unpaired) electrons. The molecular formula is C24H27N5O2S. The molecule has 2 heterocycles. The van der Waals surface area contributed by atoms with E-state index in [0.717, 1.165) is 37.6 Å². The summed E-state index contributed by atoms with van der Waals surface area (Å²) in [7, 11) is 0. The largest absolute Gasteiger partial charge is 0.368 e. The highest BCUT2D eigenvalue weighted by Gasteiger charge is 2.21. The van der Waals surface area contributed by atoms with Crippen molar-refractivity contribution in [2.24, 2.45) is 0 Å². The van der Waals surface area contributed by atoms with Crippen LogP contribution in [0.3, 0.4) is 0 Å². The van der Waals surface area contributed by atoms with E-state index in [1.165, 1.54) is 22.6 Å². The van der Waals surface area contributed by atoms with Gasteiger partial charge < -0.3 is 15.1 Å². The van der Waals surface area contributed by atoms with Gasteiger partial charge in [0.1, 0.15) is 0 Å². The number of hydrogen-bond acceptors (Lipinski definition) is 5. The first kappa shape index (κ1) is 21.8. The van der Waals surface area contributed by atoms with E-state index >= 15 is 0 Å².